The molecule has 0 saturated carbocycles. The molecule has 2 amide bonds. The molecule has 1 heterocycles. The van der Waals surface area contributed by atoms with Gasteiger partial charge in [0.2, 0.25) is 0 Å². The monoisotopic (exact) mass is 383 g/mol. The molecule has 0 unspecified atom stereocenters. The molecule has 0 saturated heterocycles. The van der Waals surface area contributed by atoms with Crippen LogP contribution in [0.2, 0.25) is 0 Å². The summed E-state index contributed by atoms with van der Waals surface area (Å²) in [7, 11) is 1.61. The van der Waals surface area contributed by atoms with E-state index in [2.05, 4.69) is 0 Å². The quantitative estimate of drug-likeness (QED) is 0.491. The van der Waals surface area contributed by atoms with Crippen molar-refractivity contribution < 1.29 is 23.8 Å². The van der Waals surface area contributed by atoms with E-state index in [0.29, 0.717) is 30.8 Å². The first-order valence-electron chi connectivity index (χ1n) is 9.43. The van der Waals surface area contributed by atoms with Crippen LogP contribution < -0.4 is 4.74 Å². The number of ether oxygens (including phenoxy) is 3. The fraction of sp³-hybridized carbons (Fsp3) is 0.364. The molecule has 0 aromatic heterocycles. The zero-order valence-corrected chi connectivity index (χ0v) is 16.4. The van der Waals surface area contributed by atoms with Gasteiger partial charge in [-0.05, 0) is 50.1 Å². The smallest absolute Gasteiger partial charge is 0.261 e. The van der Waals surface area contributed by atoms with Gasteiger partial charge in [0.05, 0.1) is 24.3 Å². The van der Waals surface area contributed by atoms with E-state index in [4.69, 9.17) is 14.2 Å². The molecular formula is C22H25NO5. The average Bonchev–Trinajstić information content (AvgIpc) is 2.97. The van der Waals surface area contributed by atoms with Crippen molar-refractivity contribution in [2.45, 2.75) is 32.6 Å². The summed E-state index contributed by atoms with van der Waals surface area (Å²) in [5.41, 5.74) is 1.78. The van der Waals surface area contributed by atoms with Crippen molar-refractivity contribution in [3.05, 3.63) is 65.2 Å². The van der Waals surface area contributed by atoms with E-state index in [1.807, 2.05) is 38.1 Å². The van der Waals surface area contributed by atoms with E-state index < -0.39 is 12.3 Å². The lowest BCUT2D eigenvalue weighted by Gasteiger charge is -2.32. The zero-order valence-electron chi connectivity index (χ0n) is 16.4. The second-order valence-corrected chi connectivity index (χ2v) is 6.42. The van der Waals surface area contributed by atoms with Crippen molar-refractivity contribution in [3.63, 3.8) is 0 Å². The molecule has 3 rings (SSSR count). The molecule has 0 radical (unpaired) electrons. The summed E-state index contributed by atoms with van der Waals surface area (Å²) in [6, 6.07) is 13.8. The minimum atomic E-state index is -0.709. The highest BCUT2D eigenvalue weighted by atomic mass is 16.7. The van der Waals surface area contributed by atoms with Gasteiger partial charge >= 0.3 is 0 Å². The number of hydrogen-bond acceptors (Lipinski definition) is 5. The van der Waals surface area contributed by atoms with E-state index in [-0.39, 0.29) is 11.8 Å². The van der Waals surface area contributed by atoms with Crippen LogP contribution in [0.5, 0.6) is 5.75 Å². The Morgan fingerprint density at radius 1 is 0.857 bits per heavy atom. The van der Waals surface area contributed by atoms with Gasteiger partial charge in [0.15, 0.2) is 6.29 Å². The number of imide groups is 1. The fourth-order valence-electron chi connectivity index (χ4n) is 3.42. The van der Waals surface area contributed by atoms with E-state index in [1.54, 1.807) is 31.4 Å². The van der Waals surface area contributed by atoms with E-state index in [1.165, 1.54) is 4.90 Å². The molecule has 2 aromatic carbocycles. The van der Waals surface area contributed by atoms with Crippen LogP contribution in [0.1, 0.15) is 40.1 Å². The van der Waals surface area contributed by atoms with Crippen LogP contribution in [0, 0.1) is 0 Å². The van der Waals surface area contributed by atoms with E-state index in [0.717, 1.165) is 11.3 Å². The number of hydrogen-bond donors (Lipinski definition) is 0. The second-order valence-electron chi connectivity index (χ2n) is 6.42. The summed E-state index contributed by atoms with van der Waals surface area (Å²) in [5, 5.41) is 0. The number of carbonyl (C=O) groups excluding carboxylic acids is 2. The molecule has 1 aliphatic rings. The Labute approximate surface area is 165 Å². The molecule has 2 aromatic rings. The molecule has 1 atom stereocenters. The third-order valence-electron chi connectivity index (χ3n) is 4.74. The lowest BCUT2D eigenvalue weighted by Crippen LogP contribution is -2.50. The van der Waals surface area contributed by atoms with E-state index >= 15 is 0 Å². The molecule has 0 spiro atoms. The molecule has 28 heavy (non-hydrogen) atoms. The molecular weight excluding hydrogens is 358 g/mol. The van der Waals surface area contributed by atoms with Crippen LogP contribution in [0.25, 0.3) is 0 Å². The van der Waals surface area contributed by atoms with Crippen molar-refractivity contribution >= 4 is 11.8 Å². The number of nitrogens with zero attached hydrogens (tertiary/aromatic N) is 1. The number of benzene rings is 2. The van der Waals surface area contributed by atoms with Crippen molar-refractivity contribution in [1.29, 1.82) is 0 Å². The highest BCUT2D eigenvalue weighted by molar-refractivity contribution is 6.21. The van der Waals surface area contributed by atoms with Gasteiger partial charge in [-0.1, -0.05) is 24.3 Å². The van der Waals surface area contributed by atoms with Crippen molar-refractivity contribution in [2.75, 3.05) is 20.3 Å². The topological polar surface area (TPSA) is 65.1 Å². The van der Waals surface area contributed by atoms with Gasteiger partial charge in [-0.2, -0.15) is 0 Å². The summed E-state index contributed by atoms with van der Waals surface area (Å²) >= 11 is 0. The van der Waals surface area contributed by atoms with Gasteiger partial charge in [-0.15, -0.1) is 0 Å². The fourth-order valence-corrected chi connectivity index (χ4v) is 3.42. The summed E-state index contributed by atoms with van der Waals surface area (Å²) in [4.78, 5) is 27.3. The van der Waals surface area contributed by atoms with Crippen LogP contribution >= 0.6 is 0 Å². The van der Waals surface area contributed by atoms with Gasteiger partial charge in [0.25, 0.3) is 11.8 Å². The average molecular weight is 383 g/mol. The molecule has 0 N–H and O–H groups in total. The lowest BCUT2D eigenvalue weighted by molar-refractivity contribution is -0.164. The second kappa shape index (κ2) is 8.99. The zero-order chi connectivity index (χ0) is 20.1. The highest BCUT2D eigenvalue weighted by Gasteiger charge is 2.43. The minimum absolute atomic E-state index is 0.316. The summed E-state index contributed by atoms with van der Waals surface area (Å²) in [6.45, 7) is 4.54. The predicted molar refractivity (Wildman–Crippen MR) is 104 cm³/mol. The standard InChI is InChI=1S/C22H25NO5/c1-4-27-22(28-5-2)19(14-15-10-12-16(26-3)13-11-15)23-20(24)17-8-6-7-9-18(17)21(23)25/h6-13,19,22H,4-5,14H2,1-3H3/t19-/m1/s1. The van der Waals surface area contributed by atoms with Gasteiger partial charge in [0.1, 0.15) is 5.75 Å². The molecule has 6 nitrogen and oxygen atoms in total. The number of amides is 2. The third kappa shape index (κ3) is 3.93. The maximum absolute atomic E-state index is 13.0. The molecule has 0 aliphatic carbocycles. The van der Waals surface area contributed by atoms with Crippen LogP contribution in [0.15, 0.2) is 48.5 Å². The minimum Gasteiger partial charge on any atom is -0.497 e. The van der Waals surface area contributed by atoms with Crippen LogP contribution in [-0.4, -0.2) is 49.4 Å². The summed E-state index contributed by atoms with van der Waals surface area (Å²) in [5.74, 6) is 0.110. The molecule has 0 bridgehead atoms. The largest absolute Gasteiger partial charge is 0.497 e. The van der Waals surface area contributed by atoms with Crippen molar-refractivity contribution in [3.8, 4) is 5.75 Å². The van der Waals surface area contributed by atoms with Gasteiger partial charge in [-0.25, -0.2) is 0 Å². The van der Waals surface area contributed by atoms with Crippen LogP contribution in [0.4, 0.5) is 0 Å². The van der Waals surface area contributed by atoms with Crippen LogP contribution in [-0.2, 0) is 15.9 Å². The number of rotatable bonds is 9. The SMILES string of the molecule is CCOC(OCC)[C@@H](Cc1ccc(OC)cc1)N1C(=O)c2ccccc2C1=O. The Kier molecular flexibility index (Phi) is 6.44. The molecule has 0 fully saturated rings. The Bertz CT molecular complexity index is 792. The van der Waals surface area contributed by atoms with E-state index in [9.17, 15) is 9.59 Å². The first-order chi connectivity index (χ1) is 13.6. The Morgan fingerprint density at radius 2 is 1.39 bits per heavy atom. The number of carbonyl (C=O) groups is 2. The summed E-state index contributed by atoms with van der Waals surface area (Å²) in [6.07, 6.45) is -0.292. The van der Waals surface area contributed by atoms with Gasteiger partial charge in [0, 0.05) is 13.2 Å². The predicted octanol–water partition coefficient (Wildman–Crippen LogP) is 3.30. The Balaban J connectivity index is 1.95. The molecule has 1 aliphatic heterocycles. The Morgan fingerprint density at radius 3 is 1.86 bits per heavy atom. The van der Waals surface area contributed by atoms with Crippen LogP contribution in [0.3, 0.4) is 0 Å². The third-order valence-corrected chi connectivity index (χ3v) is 4.74. The summed E-state index contributed by atoms with van der Waals surface area (Å²) < 4.78 is 16.8. The van der Waals surface area contributed by atoms with Gasteiger partial charge in [-0.3, -0.25) is 14.5 Å². The maximum atomic E-state index is 13.0. The van der Waals surface area contributed by atoms with Gasteiger partial charge < -0.3 is 14.2 Å². The Hall–Kier alpha value is -2.70. The normalized spacial score (nSPS) is 14.5. The highest BCUT2D eigenvalue weighted by Crippen LogP contribution is 2.28. The van der Waals surface area contributed by atoms with Crippen molar-refractivity contribution in [1.82, 2.24) is 4.90 Å². The molecule has 148 valence electrons. The first-order valence-corrected chi connectivity index (χ1v) is 9.43. The first kappa shape index (κ1) is 20.0. The molecule has 6 heteroatoms. The maximum Gasteiger partial charge on any atom is 0.261 e. The number of fused-ring (bicyclic) bond motifs is 1. The number of methoxy groups -OCH3 is 1. The van der Waals surface area contributed by atoms with Crippen molar-refractivity contribution in [2.24, 2.45) is 0 Å². The lowest BCUT2D eigenvalue weighted by atomic mass is 10.0.